The summed E-state index contributed by atoms with van der Waals surface area (Å²) in [5.74, 6) is 0.769. The normalized spacial score (nSPS) is 16.8. The molecule has 0 bridgehead atoms. The topological polar surface area (TPSA) is 91.8 Å². The first-order chi connectivity index (χ1) is 14.0. The molecule has 1 N–H and O–H groups in total. The summed E-state index contributed by atoms with van der Waals surface area (Å²) in [4.78, 5) is 18.3. The number of carbonyl (C=O) groups excluding carboxylic acids is 1. The van der Waals surface area contributed by atoms with Crippen molar-refractivity contribution in [1.82, 2.24) is 19.5 Å². The molecule has 0 atom stereocenters. The minimum Gasteiger partial charge on any atom is -0.497 e. The Morgan fingerprint density at radius 2 is 1.79 bits per heavy atom. The van der Waals surface area contributed by atoms with Crippen LogP contribution in [-0.4, -0.2) is 61.9 Å². The van der Waals surface area contributed by atoms with Gasteiger partial charge in [-0.25, -0.2) is 13.2 Å². The number of carbonyl (C=O) groups is 1. The van der Waals surface area contributed by atoms with E-state index in [1.54, 1.807) is 30.3 Å². The Morgan fingerprint density at radius 3 is 2.38 bits per heavy atom. The highest BCUT2D eigenvalue weighted by molar-refractivity contribution is 7.89. The quantitative estimate of drug-likeness (QED) is 0.751. The standard InChI is InChI=1S/C20H22N4O4S/c1-28-18-6-4-15(5-7-18)9-22-20(25)23-11-16-13-24(14-17(16)12-23)29(26,27)19-3-2-8-21-10-19/h2-8,10H,9,11-14H2,1H3,(H,22,25). The second-order valence-electron chi connectivity index (χ2n) is 7.03. The molecule has 8 nitrogen and oxygen atoms in total. The van der Waals surface area contributed by atoms with Gasteiger partial charge >= 0.3 is 6.03 Å². The van der Waals surface area contributed by atoms with E-state index in [2.05, 4.69) is 10.3 Å². The highest BCUT2D eigenvalue weighted by Crippen LogP contribution is 2.29. The predicted octanol–water partition coefficient (Wildman–Crippen LogP) is 1.62. The number of ether oxygens (including phenoxy) is 1. The first-order valence-electron chi connectivity index (χ1n) is 9.23. The molecule has 0 unspecified atom stereocenters. The largest absolute Gasteiger partial charge is 0.497 e. The molecular weight excluding hydrogens is 392 g/mol. The van der Waals surface area contributed by atoms with Crippen LogP contribution < -0.4 is 10.1 Å². The fourth-order valence-electron chi connectivity index (χ4n) is 3.54. The van der Waals surface area contributed by atoms with E-state index in [4.69, 9.17) is 4.74 Å². The van der Waals surface area contributed by atoms with Gasteiger partial charge in [0, 0.05) is 45.1 Å². The number of pyridine rings is 1. The Hall–Kier alpha value is -2.91. The van der Waals surface area contributed by atoms with E-state index in [9.17, 15) is 13.2 Å². The molecule has 29 heavy (non-hydrogen) atoms. The SMILES string of the molecule is COc1ccc(CNC(=O)N2CC3=C(C2)CN(S(=O)(=O)c2cccnc2)C3)cc1. The van der Waals surface area contributed by atoms with Crippen molar-refractivity contribution in [2.24, 2.45) is 0 Å². The van der Waals surface area contributed by atoms with Crippen LogP contribution in [0.1, 0.15) is 5.56 Å². The zero-order valence-electron chi connectivity index (χ0n) is 16.0. The molecule has 152 valence electrons. The number of hydrogen-bond donors (Lipinski definition) is 1. The molecule has 0 fully saturated rings. The van der Waals surface area contributed by atoms with Crippen LogP contribution in [0, 0.1) is 0 Å². The lowest BCUT2D eigenvalue weighted by atomic mass is 10.2. The van der Waals surface area contributed by atoms with E-state index in [0.717, 1.165) is 22.5 Å². The van der Waals surface area contributed by atoms with Gasteiger partial charge < -0.3 is 15.0 Å². The number of urea groups is 1. The van der Waals surface area contributed by atoms with Gasteiger partial charge in [0.2, 0.25) is 10.0 Å². The van der Waals surface area contributed by atoms with E-state index < -0.39 is 10.0 Å². The molecule has 1 aromatic heterocycles. The number of sulfonamides is 1. The van der Waals surface area contributed by atoms with Crippen LogP contribution in [-0.2, 0) is 16.6 Å². The smallest absolute Gasteiger partial charge is 0.318 e. The lowest BCUT2D eigenvalue weighted by Crippen LogP contribution is -2.41. The van der Waals surface area contributed by atoms with Crippen LogP contribution >= 0.6 is 0 Å². The van der Waals surface area contributed by atoms with Gasteiger partial charge in [-0.15, -0.1) is 0 Å². The third-order valence-electron chi connectivity index (χ3n) is 5.16. The molecule has 3 heterocycles. The van der Waals surface area contributed by atoms with Gasteiger partial charge in [0.25, 0.3) is 0 Å². The number of nitrogens with zero attached hydrogens (tertiary/aromatic N) is 3. The first kappa shape index (κ1) is 19.4. The molecule has 0 saturated heterocycles. The van der Waals surface area contributed by atoms with Crippen LogP contribution in [0.5, 0.6) is 5.75 Å². The number of aromatic nitrogens is 1. The van der Waals surface area contributed by atoms with Crippen LogP contribution in [0.15, 0.2) is 64.8 Å². The summed E-state index contributed by atoms with van der Waals surface area (Å²) in [5, 5.41) is 2.91. The van der Waals surface area contributed by atoms with Crippen LogP contribution in [0.25, 0.3) is 0 Å². The predicted molar refractivity (Wildman–Crippen MR) is 107 cm³/mol. The maximum atomic E-state index is 12.7. The average Bonchev–Trinajstić information content (AvgIpc) is 3.33. The Balaban J connectivity index is 1.31. The molecule has 0 radical (unpaired) electrons. The molecule has 0 spiro atoms. The summed E-state index contributed by atoms with van der Waals surface area (Å²) in [6.07, 6.45) is 2.90. The van der Waals surface area contributed by atoms with Gasteiger partial charge in [0.05, 0.1) is 7.11 Å². The van der Waals surface area contributed by atoms with E-state index in [-0.39, 0.29) is 10.9 Å². The molecule has 0 saturated carbocycles. The minimum absolute atomic E-state index is 0.156. The fraction of sp³-hybridized carbons (Fsp3) is 0.300. The highest BCUT2D eigenvalue weighted by Gasteiger charge is 2.37. The van der Waals surface area contributed by atoms with E-state index in [1.165, 1.54) is 10.5 Å². The summed E-state index contributed by atoms with van der Waals surface area (Å²) in [6.45, 7) is 1.95. The summed E-state index contributed by atoms with van der Waals surface area (Å²) >= 11 is 0. The summed E-state index contributed by atoms with van der Waals surface area (Å²) in [7, 11) is -1.96. The van der Waals surface area contributed by atoms with Gasteiger partial charge in [-0.1, -0.05) is 12.1 Å². The van der Waals surface area contributed by atoms with E-state index >= 15 is 0 Å². The van der Waals surface area contributed by atoms with Crippen molar-refractivity contribution in [2.75, 3.05) is 33.3 Å². The molecule has 4 rings (SSSR count). The fourth-order valence-corrected chi connectivity index (χ4v) is 4.94. The molecule has 0 aliphatic carbocycles. The Bertz CT molecular complexity index is 1020. The second kappa shape index (κ2) is 7.84. The first-order valence-corrected chi connectivity index (χ1v) is 10.7. The van der Waals surface area contributed by atoms with Crippen LogP contribution in [0.2, 0.25) is 0 Å². The molecule has 9 heteroatoms. The van der Waals surface area contributed by atoms with E-state index in [0.29, 0.717) is 32.7 Å². The molecule has 2 aromatic rings. The third-order valence-corrected chi connectivity index (χ3v) is 6.94. The molecular formula is C20H22N4O4S. The number of hydrogen-bond acceptors (Lipinski definition) is 5. The summed E-state index contributed by atoms with van der Waals surface area (Å²) in [5.41, 5.74) is 2.97. The maximum absolute atomic E-state index is 12.7. The molecule has 1 aromatic carbocycles. The van der Waals surface area contributed by atoms with Crippen molar-refractivity contribution < 1.29 is 17.9 Å². The van der Waals surface area contributed by atoms with Crippen molar-refractivity contribution in [1.29, 1.82) is 0 Å². The number of rotatable bonds is 5. The summed E-state index contributed by atoms with van der Waals surface area (Å²) in [6, 6.07) is 10.5. The number of amides is 2. The van der Waals surface area contributed by atoms with Crippen LogP contribution in [0.4, 0.5) is 4.79 Å². The van der Waals surface area contributed by atoms with Crippen molar-refractivity contribution in [3.05, 3.63) is 65.5 Å². The van der Waals surface area contributed by atoms with Crippen molar-refractivity contribution >= 4 is 16.1 Å². The molecule has 2 amide bonds. The van der Waals surface area contributed by atoms with Gasteiger partial charge in [0.15, 0.2) is 0 Å². The van der Waals surface area contributed by atoms with Crippen molar-refractivity contribution in [3.8, 4) is 5.75 Å². The van der Waals surface area contributed by atoms with Gasteiger partial charge in [-0.3, -0.25) is 4.98 Å². The Morgan fingerprint density at radius 1 is 1.10 bits per heavy atom. The molecule has 2 aliphatic rings. The third kappa shape index (κ3) is 3.96. The maximum Gasteiger partial charge on any atom is 0.318 e. The minimum atomic E-state index is -3.57. The zero-order valence-corrected chi connectivity index (χ0v) is 16.9. The lowest BCUT2D eigenvalue weighted by molar-refractivity contribution is 0.208. The lowest BCUT2D eigenvalue weighted by Gasteiger charge is -2.23. The monoisotopic (exact) mass is 414 g/mol. The number of methoxy groups -OCH3 is 1. The highest BCUT2D eigenvalue weighted by atomic mass is 32.2. The number of benzene rings is 1. The van der Waals surface area contributed by atoms with Crippen molar-refractivity contribution in [2.45, 2.75) is 11.4 Å². The average molecular weight is 414 g/mol. The second-order valence-corrected chi connectivity index (χ2v) is 8.97. The van der Waals surface area contributed by atoms with Crippen molar-refractivity contribution in [3.63, 3.8) is 0 Å². The summed E-state index contributed by atoms with van der Waals surface area (Å²) < 4.78 is 32.1. The Labute approximate surface area is 169 Å². The van der Waals surface area contributed by atoms with E-state index in [1.807, 2.05) is 24.3 Å². The number of nitrogens with one attached hydrogen (secondary N) is 1. The van der Waals surface area contributed by atoms with Crippen LogP contribution in [0.3, 0.4) is 0 Å². The van der Waals surface area contributed by atoms with Gasteiger partial charge in [0.1, 0.15) is 10.6 Å². The van der Waals surface area contributed by atoms with Gasteiger partial charge in [-0.2, -0.15) is 4.31 Å². The molecule has 2 aliphatic heterocycles. The Kier molecular flexibility index (Phi) is 5.25. The zero-order chi connectivity index (χ0) is 20.4. The van der Waals surface area contributed by atoms with Gasteiger partial charge in [-0.05, 0) is 41.0 Å².